The number of halogens is 3. The van der Waals surface area contributed by atoms with Crippen molar-refractivity contribution < 1.29 is 22.7 Å². The molecule has 1 aliphatic rings. The van der Waals surface area contributed by atoms with E-state index < -0.39 is 11.9 Å². The predicted molar refractivity (Wildman–Crippen MR) is 94.7 cm³/mol. The number of fused-ring (bicyclic) bond motifs is 1. The Labute approximate surface area is 155 Å². The zero-order valence-electron chi connectivity index (χ0n) is 15.1. The third-order valence-electron chi connectivity index (χ3n) is 4.67. The topological polar surface area (TPSA) is 56.1 Å². The quantitative estimate of drug-likeness (QED) is 0.816. The Morgan fingerprint density at radius 2 is 1.93 bits per heavy atom. The summed E-state index contributed by atoms with van der Waals surface area (Å²) in [7, 11) is 1.56. The number of rotatable bonds is 6. The average Bonchev–Trinajstić information content (AvgIpc) is 3.02. The van der Waals surface area contributed by atoms with Gasteiger partial charge in [0.15, 0.2) is 5.69 Å². The summed E-state index contributed by atoms with van der Waals surface area (Å²) in [6, 6.07) is 6.95. The molecule has 0 radical (unpaired) electrons. The van der Waals surface area contributed by atoms with Gasteiger partial charge in [-0.25, -0.2) is 0 Å². The fourth-order valence-electron chi connectivity index (χ4n) is 3.37. The molecule has 8 heteroatoms. The van der Waals surface area contributed by atoms with Crippen LogP contribution in [-0.2, 0) is 30.4 Å². The Kier molecular flexibility index (Phi) is 5.72. The molecule has 27 heavy (non-hydrogen) atoms. The fraction of sp³-hybridized carbons (Fsp3) is 0.474. The molecule has 1 aromatic carbocycles. The van der Waals surface area contributed by atoms with Crippen LogP contribution in [0.5, 0.6) is 5.75 Å². The number of nitrogens with zero attached hydrogens (tertiary/aromatic N) is 2. The largest absolute Gasteiger partial charge is 0.497 e. The highest BCUT2D eigenvalue weighted by molar-refractivity contribution is 5.90. The molecule has 0 atom stereocenters. The Morgan fingerprint density at radius 1 is 1.22 bits per heavy atom. The second-order valence-corrected chi connectivity index (χ2v) is 6.58. The van der Waals surface area contributed by atoms with Gasteiger partial charge in [0.05, 0.1) is 7.11 Å². The molecule has 0 unspecified atom stereocenters. The van der Waals surface area contributed by atoms with Gasteiger partial charge in [-0.2, -0.15) is 18.3 Å². The smallest absolute Gasteiger partial charge is 0.435 e. The molecule has 0 bridgehead atoms. The Balaban J connectivity index is 1.58. The van der Waals surface area contributed by atoms with Gasteiger partial charge in [-0.3, -0.25) is 9.48 Å². The van der Waals surface area contributed by atoms with Gasteiger partial charge in [-0.05, 0) is 56.4 Å². The highest BCUT2D eigenvalue weighted by Crippen LogP contribution is 2.35. The van der Waals surface area contributed by atoms with E-state index in [0.29, 0.717) is 48.5 Å². The molecule has 0 spiro atoms. The molecule has 0 fully saturated rings. The minimum atomic E-state index is -4.43. The first-order chi connectivity index (χ1) is 12.9. The number of amides is 1. The number of carbonyl (C=O) groups excluding carboxylic acids is 1. The lowest BCUT2D eigenvalue weighted by Crippen LogP contribution is -2.14. The maximum atomic E-state index is 13.2. The van der Waals surface area contributed by atoms with Crippen LogP contribution in [0.1, 0.15) is 42.6 Å². The van der Waals surface area contributed by atoms with E-state index in [1.54, 1.807) is 31.4 Å². The summed E-state index contributed by atoms with van der Waals surface area (Å²) in [5.74, 6) is 0.508. The van der Waals surface area contributed by atoms with Crippen LogP contribution in [0.15, 0.2) is 24.3 Å². The number of methoxy groups -OCH3 is 1. The van der Waals surface area contributed by atoms with Crippen molar-refractivity contribution in [2.45, 2.75) is 51.2 Å². The number of hydrogen-bond acceptors (Lipinski definition) is 3. The van der Waals surface area contributed by atoms with Gasteiger partial charge in [0, 0.05) is 29.9 Å². The van der Waals surface area contributed by atoms with E-state index in [9.17, 15) is 18.0 Å². The molecule has 146 valence electrons. The van der Waals surface area contributed by atoms with Crippen LogP contribution >= 0.6 is 0 Å². The molecule has 1 aliphatic carbocycles. The molecule has 1 heterocycles. The number of ether oxygens (including phenoxy) is 1. The Bertz CT molecular complexity index is 798. The van der Waals surface area contributed by atoms with Gasteiger partial charge in [0.2, 0.25) is 5.91 Å². The third kappa shape index (κ3) is 4.61. The van der Waals surface area contributed by atoms with Crippen LogP contribution in [0, 0.1) is 0 Å². The van der Waals surface area contributed by atoms with Gasteiger partial charge in [-0.15, -0.1) is 0 Å². The number of aryl methyl sites for hydroxylation is 1. The van der Waals surface area contributed by atoms with Crippen molar-refractivity contribution in [3.8, 4) is 5.75 Å². The number of carbonyl (C=O) groups is 1. The van der Waals surface area contributed by atoms with E-state index in [-0.39, 0.29) is 12.3 Å². The standard InChI is InChI=1S/C19H22F3N3O2/c1-27-14-10-8-13(9-11-14)23-17(26)7-4-12-25-16-6-3-2-5-15(16)18(24-25)19(20,21)22/h8-11H,2-7,12H2,1H3,(H,23,26). The summed E-state index contributed by atoms with van der Waals surface area (Å²) in [6.45, 7) is 0.300. The molecule has 0 saturated heterocycles. The molecular formula is C19H22F3N3O2. The van der Waals surface area contributed by atoms with Gasteiger partial charge in [0.1, 0.15) is 5.75 Å². The second-order valence-electron chi connectivity index (χ2n) is 6.58. The number of alkyl halides is 3. The van der Waals surface area contributed by atoms with Gasteiger partial charge >= 0.3 is 6.18 Å². The van der Waals surface area contributed by atoms with Gasteiger partial charge < -0.3 is 10.1 Å². The molecule has 0 saturated carbocycles. The van der Waals surface area contributed by atoms with Crippen molar-refractivity contribution in [1.29, 1.82) is 0 Å². The van der Waals surface area contributed by atoms with Crippen LogP contribution < -0.4 is 10.1 Å². The van der Waals surface area contributed by atoms with Crippen LogP contribution in [0.3, 0.4) is 0 Å². The molecule has 3 rings (SSSR count). The van der Waals surface area contributed by atoms with Crippen molar-refractivity contribution in [2.75, 3.05) is 12.4 Å². The number of aromatic nitrogens is 2. The molecule has 1 aromatic heterocycles. The highest BCUT2D eigenvalue weighted by Gasteiger charge is 2.39. The Hall–Kier alpha value is -2.51. The summed E-state index contributed by atoms with van der Waals surface area (Å²) in [4.78, 5) is 12.1. The van der Waals surface area contributed by atoms with E-state index in [1.807, 2.05) is 0 Å². The van der Waals surface area contributed by atoms with Crippen molar-refractivity contribution in [3.63, 3.8) is 0 Å². The van der Waals surface area contributed by atoms with E-state index in [0.717, 1.165) is 12.8 Å². The van der Waals surface area contributed by atoms with Crippen molar-refractivity contribution in [3.05, 3.63) is 41.2 Å². The lowest BCUT2D eigenvalue weighted by atomic mass is 9.95. The van der Waals surface area contributed by atoms with Gasteiger partial charge in [0.25, 0.3) is 0 Å². The number of benzene rings is 1. The number of hydrogen-bond donors (Lipinski definition) is 1. The summed E-state index contributed by atoms with van der Waals surface area (Å²) in [5, 5.41) is 6.58. The first-order valence-corrected chi connectivity index (χ1v) is 8.98. The lowest BCUT2D eigenvalue weighted by molar-refractivity contribution is -0.142. The predicted octanol–water partition coefficient (Wildman–Crippen LogP) is 4.21. The molecular weight excluding hydrogens is 359 g/mol. The van der Waals surface area contributed by atoms with Crippen molar-refractivity contribution >= 4 is 11.6 Å². The van der Waals surface area contributed by atoms with E-state index >= 15 is 0 Å². The monoisotopic (exact) mass is 381 g/mol. The fourth-order valence-corrected chi connectivity index (χ4v) is 3.37. The molecule has 0 aliphatic heterocycles. The molecule has 1 amide bonds. The third-order valence-corrected chi connectivity index (χ3v) is 4.67. The van der Waals surface area contributed by atoms with Crippen LogP contribution in [0.25, 0.3) is 0 Å². The zero-order chi connectivity index (χ0) is 19.4. The number of nitrogens with one attached hydrogen (secondary N) is 1. The van der Waals surface area contributed by atoms with Crippen molar-refractivity contribution in [1.82, 2.24) is 9.78 Å². The lowest BCUT2D eigenvalue weighted by Gasteiger charge is -2.14. The molecule has 1 N–H and O–H groups in total. The summed E-state index contributed by atoms with van der Waals surface area (Å²) in [6.07, 6.45) is -1.15. The Morgan fingerprint density at radius 3 is 2.59 bits per heavy atom. The zero-order valence-corrected chi connectivity index (χ0v) is 15.1. The van der Waals surface area contributed by atoms with Crippen LogP contribution in [-0.4, -0.2) is 22.8 Å². The average molecular weight is 381 g/mol. The molecule has 5 nitrogen and oxygen atoms in total. The first-order valence-electron chi connectivity index (χ1n) is 8.98. The maximum absolute atomic E-state index is 13.2. The minimum Gasteiger partial charge on any atom is -0.497 e. The highest BCUT2D eigenvalue weighted by atomic mass is 19.4. The van der Waals surface area contributed by atoms with Crippen LogP contribution in [0.4, 0.5) is 18.9 Å². The summed E-state index contributed by atoms with van der Waals surface area (Å²) < 4.78 is 46.1. The minimum absolute atomic E-state index is 0.183. The summed E-state index contributed by atoms with van der Waals surface area (Å²) in [5.41, 5.74) is 0.886. The second kappa shape index (κ2) is 8.02. The van der Waals surface area contributed by atoms with E-state index in [2.05, 4.69) is 10.4 Å². The van der Waals surface area contributed by atoms with E-state index in [4.69, 9.17) is 4.74 Å². The molecule has 2 aromatic rings. The van der Waals surface area contributed by atoms with Crippen LogP contribution in [0.2, 0.25) is 0 Å². The van der Waals surface area contributed by atoms with Crippen molar-refractivity contribution in [2.24, 2.45) is 0 Å². The normalized spacial score (nSPS) is 13.9. The maximum Gasteiger partial charge on any atom is 0.435 e. The first kappa shape index (κ1) is 19.3. The summed E-state index contributed by atoms with van der Waals surface area (Å²) >= 11 is 0. The number of anilines is 1. The van der Waals surface area contributed by atoms with E-state index in [1.165, 1.54) is 4.68 Å². The van der Waals surface area contributed by atoms with Gasteiger partial charge in [-0.1, -0.05) is 0 Å². The SMILES string of the molecule is COc1ccc(NC(=O)CCCn2nc(C(F)(F)F)c3c2CCCC3)cc1.